The van der Waals surface area contributed by atoms with Crippen LogP contribution in [0.1, 0.15) is 50.2 Å². The van der Waals surface area contributed by atoms with Crippen molar-refractivity contribution in [2.45, 2.75) is 46.0 Å². The van der Waals surface area contributed by atoms with Crippen molar-refractivity contribution in [3.05, 3.63) is 64.5 Å². The molecule has 2 aliphatic rings. The molecule has 0 amide bonds. The fourth-order valence-corrected chi connectivity index (χ4v) is 2.65. The van der Waals surface area contributed by atoms with Crippen LogP contribution in [0.4, 0.5) is 0 Å². The molecule has 2 aliphatic carbocycles. The highest BCUT2D eigenvalue weighted by Gasteiger charge is 2.24. The van der Waals surface area contributed by atoms with Crippen molar-refractivity contribution in [1.29, 1.82) is 0 Å². The van der Waals surface area contributed by atoms with Crippen molar-refractivity contribution in [3.8, 4) is 5.75 Å². The standard InChI is InChI=1S/C20H22O2/c1-4-13(2)18-10-9-17(21)12-20(18)22-19-11-16(15-7-8-15)6-5-14(19)3/h5-6,9-12,15H,4,7-8H2,1-3H3/b18-13+. The molecule has 2 heteroatoms. The van der Waals surface area contributed by atoms with E-state index in [1.54, 1.807) is 12.2 Å². The molecule has 0 radical (unpaired) electrons. The lowest BCUT2D eigenvalue weighted by Crippen LogP contribution is -2.08. The van der Waals surface area contributed by atoms with Gasteiger partial charge < -0.3 is 4.74 Å². The first-order valence-corrected chi connectivity index (χ1v) is 8.00. The van der Waals surface area contributed by atoms with Gasteiger partial charge in [-0.05, 0) is 68.4 Å². The summed E-state index contributed by atoms with van der Waals surface area (Å²) in [6, 6.07) is 6.43. The average molecular weight is 294 g/mol. The Hall–Kier alpha value is -2.09. The van der Waals surface area contributed by atoms with Crippen molar-refractivity contribution in [2.75, 3.05) is 0 Å². The number of carbonyl (C=O) groups excluding carboxylic acids is 1. The maximum atomic E-state index is 11.7. The fraction of sp³-hybridized carbons (Fsp3) is 0.350. The second-order valence-electron chi connectivity index (χ2n) is 6.19. The Kier molecular flexibility index (Phi) is 4.02. The number of ketones is 1. The van der Waals surface area contributed by atoms with Crippen LogP contribution in [-0.2, 0) is 4.79 Å². The molecule has 0 aliphatic heterocycles. The molecule has 0 aromatic heterocycles. The van der Waals surface area contributed by atoms with Gasteiger partial charge in [0.15, 0.2) is 5.78 Å². The van der Waals surface area contributed by atoms with Gasteiger partial charge in [0.2, 0.25) is 0 Å². The molecule has 1 saturated carbocycles. The molecule has 0 unspecified atom stereocenters. The minimum Gasteiger partial charge on any atom is -0.456 e. The van der Waals surface area contributed by atoms with E-state index in [0.29, 0.717) is 11.7 Å². The third-order valence-electron chi connectivity index (χ3n) is 4.42. The van der Waals surface area contributed by atoms with E-state index in [1.807, 2.05) is 13.0 Å². The maximum absolute atomic E-state index is 11.7. The number of carbonyl (C=O) groups is 1. The zero-order chi connectivity index (χ0) is 15.7. The minimum absolute atomic E-state index is 0.0151. The fourth-order valence-electron chi connectivity index (χ4n) is 2.65. The predicted octanol–water partition coefficient (Wildman–Crippen LogP) is 5.00. The zero-order valence-corrected chi connectivity index (χ0v) is 13.5. The monoisotopic (exact) mass is 294 g/mol. The molecule has 114 valence electrons. The molecule has 0 spiro atoms. The van der Waals surface area contributed by atoms with E-state index in [2.05, 4.69) is 32.0 Å². The van der Waals surface area contributed by atoms with Gasteiger partial charge in [-0.1, -0.05) is 24.6 Å². The maximum Gasteiger partial charge on any atom is 0.182 e. The van der Waals surface area contributed by atoms with Crippen molar-refractivity contribution < 1.29 is 9.53 Å². The van der Waals surface area contributed by atoms with Gasteiger partial charge in [0.05, 0.1) is 0 Å². The van der Waals surface area contributed by atoms with Gasteiger partial charge in [-0.2, -0.15) is 0 Å². The van der Waals surface area contributed by atoms with Crippen molar-refractivity contribution in [2.24, 2.45) is 0 Å². The lowest BCUT2D eigenvalue weighted by Gasteiger charge is -2.18. The van der Waals surface area contributed by atoms with Gasteiger partial charge in [-0.15, -0.1) is 0 Å². The van der Waals surface area contributed by atoms with E-state index < -0.39 is 0 Å². The van der Waals surface area contributed by atoms with Crippen LogP contribution in [0.3, 0.4) is 0 Å². The normalized spacial score (nSPS) is 20.0. The number of hydrogen-bond acceptors (Lipinski definition) is 2. The minimum atomic E-state index is -0.0151. The van der Waals surface area contributed by atoms with Gasteiger partial charge in [0.25, 0.3) is 0 Å². The van der Waals surface area contributed by atoms with Gasteiger partial charge in [-0.25, -0.2) is 0 Å². The first kappa shape index (κ1) is 14.8. The third kappa shape index (κ3) is 3.06. The van der Waals surface area contributed by atoms with Crippen LogP contribution < -0.4 is 4.74 Å². The summed E-state index contributed by atoms with van der Waals surface area (Å²) in [7, 11) is 0. The first-order chi connectivity index (χ1) is 10.6. The Morgan fingerprint density at radius 2 is 2.05 bits per heavy atom. The van der Waals surface area contributed by atoms with Crippen LogP contribution in [0.25, 0.3) is 0 Å². The van der Waals surface area contributed by atoms with Crippen LogP contribution in [0.5, 0.6) is 5.75 Å². The topological polar surface area (TPSA) is 26.3 Å². The first-order valence-electron chi connectivity index (χ1n) is 8.00. The molecule has 0 heterocycles. The largest absolute Gasteiger partial charge is 0.456 e. The number of benzene rings is 1. The molecule has 1 aromatic carbocycles. The van der Waals surface area contributed by atoms with Crippen LogP contribution in [0.15, 0.2) is 53.3 Å². The quantitative estimate of drug-likeness (QED) is 0.781. The summed E-state index contributed by atoms with van der Waals surface area (Å²) in [6.07, 6.45) is 8.55. The second-order valence-corrected chi connectivity index (χ2v) is 6.19. The highest BCUT2D eigenvalue weighted by Crippen LogP contribution is 2.42. The van der Waals surface area contributed by atoms with Crippen molar-refractivity contribution >= 4 is 5.78 Å². The summed E-state index contributed by atoms with van der Waals surface area (Å²) in [4.78, 5) is 11.7. The molecule has 3 rings (SSSR count). The highest BCUT2D eigenvalue weighted by atomic mass is 16.5. The van der Waals surface area contributed by atoms with Gasteiger partial charge in [0, 0.05) is 11.6 Å². The van der Waals surface area contributed by atoms with Gasteiger partial charge >= 0.3 is 0 Å². The molecule has 0 saturated heterocycles. The van der Waals surface area contributed by atoms with E-state index in [9.17, 15) is 4.79 Å². The second kappa shape index (κ2) is 5.96. The number of hydrogen-bond donors (Lipinski definition) is 0. The third-order valence-corrected chi connectivity index (χ3v) is 4.42. The summed E-state index contributed by atoms with van der Waals surface area (Å²) < 4.78 is 6.14. The van der Waals surface area contributed by atoms with E-state index >= 15 is 0 Å². The summed E-state index contributed by atoms with van der Waals surface area (Å²) in [5.41, 5.74) is 4.70. The lowest BCUT2D eigenvalue weighted by atomic mass is 10.00. The molecule has 1 aromatic rings. The number of aryl methyl sites for hydroxylation is 1. The van der Waals surface area contributed by atoms with Gasteiger partial charge in [0.1, 0.15) is 11.5 Å². The molecular weight excluding hydrogens is 272 g/mol. The van der Waals surface area contributed by atoms with Crippen molar-refractivity contribution in [1.82, 2.24) is 0 Å². The lowest BCUT2D eigenvalue weighted by molar-refractivity contribution is -0.110. The molecule has 2 nitrogen and oxygen atoms in total. The van der Waals surface area contributed by atoms with E-state index in [4.69, 9.17) is 4.74 Å². The molecular formula is C20H22O2. The number of rotatable bonds is 4. The van der Waals surface area contributed by atoms with Crippen LogP contribution in [0, 0.1) is 6.92 Å². The Bertz CT molecular complexity index is 700. The Morgan fingerprint density at radius 1 is 1.27 bits per heavy atom. The van der Waals surface area contributed by atoms with Crippen LogP contribution in [0.2, 0.25) is 0 Å². The van der Waals surface area contributed by atoms with Crippen LogP contribution >= 0.6 is 0 Å². The van der Waals surface area contributed by atoms with E-state index in [1.165, 1.54) is 24.0 Å². The SMILES string of the molecule is CC/C(C)=C1\C=CC(=O)C=C1Oc1cc(C2CC2)ccc1C. The predicted molar refractivity (Wildman–Crippen MR) is 89.0 cm³/mol. The summed E-state index contributed by atoms with van der Waals surface area (Å²) in [6.45, 7) is 6.24. The average Bonchev–Trinajstić information content (AvgIpc) is 3.34. The number of allylic oxidation sites excluding steroid dienone is 4. The van der Waals surface area contributed by atoms with E-state index in [-0.39, 0.29) is 5.78 Å². The molecule has 22 heavy (non-hydrogen) atoms. The molecule has 1 fully saturated rings. The van der Waals surface area contributed by atoms with Crippen LogP contribution in [-0.4, -0.2) is 5.78 Å². The summed E-state index contributed by atoms with van der Waals surface area (Å²) in [5, 5.41) is 0. The van der Waals surface area contributed by atoms with E-state index in [0.717, 1.165) is 23.3 Å². The number of ether oxygens (including phenoxy) is 1. The molecule has 0 N–H and O–H groups in total. The Labute approximate surface area is 132 Å². The zero-order valence-electron chi connectivity index (χ0n) is 13.5. The molecule has 0 bridgehead atoms. The Balaban J connectivity index is 1.93. The molecule has 0 atom stereocenters. The Morgan fingerprint density at radius 3 is 2.73 bits per heavy atom. The van der Waals surface area contributed by atoms with Gasteiger partial charge in [-0.3, -0.25) is 4.79 Å². The smallest absolute Gasteiger partial charge is 0.182 e. The summed E-state index contributed by atoms with van der Waals surface area (Å²) >= 11 is 0. The van der Waals surface area contributed by atoms with Crippen molar-refractivity contribution in [3.63, 3.8) is 0 Å². The highest BCUT2D eigenvalue weighted by molar-refractivity contribution is 6.02. The summed E-state index contributed by atoms with van der Waals surface area (Å²) in [5.74, 6) is 2.21.